The van der Waals surface area contributed by atoms with Crippen LogP contribution in [0.5, 0.6) is 0 Å². The molecule has 2 unspecified atom stereocenters. The van der Waals surface area contributed by atoms with E-state index in [9.17, 15) is 23.1 Å². The van der Waals surface area contributed by atoms with Crippen molar-refractivity contribution in [3.63, 3.8) is 0 Å². The Balaban J connectivity index is 1.67. The molecular formula is C14H18FN7O5S. The number of aromatic nitrogens is 2. The normalized spacial score (nSPS) is 17.6. The first-order valence-corrected chi connectivity index (χ1v) is 9.60. The summed E-state index contributed by atoms with van der Waals surface area (Å²) in [5.41, 5.74) is 3.58. The van der Waals surface area contributed by atoms with E-state index in [0.29, 0.717) is 12.0 Å². The van der Waals surface area contributed by atoms with E-state index < -0.39 is 16.3 Å². The number of hydroxylamine groups is 1. The zero-order valence-corrected chi connectivity index (χ0v) is 15.1. The SMILES string of the molecule is NS(=O)(=O)NCC(O)CNc1nonc1C(=NC1Cc2ccc(F)cc21)NO. The van der Waals surface area contributed by atoms with Gasteiger partial charge >= 0.3 is 0 Å². The number of aliphatic hydroxyl groups is 1. The summed E-state index contributed by atoms with van der Waals surface area (Å²) in [5.74, 6) is -0.403. The van der Waals surface area contributed by atoms with Gasteiger partial charge in [-0.1, -0.05) is 6.07 Å². The van der Waals surface area contributed by atoms with E-state index in [2.05, 4.69) is 25.3 Å². The molecule has 0 radical (unpaired) electrons. The van der Waals surface area contributed by atoms with Crippen molar-refractivity contribution in [3.05, 3.63) is 40.8 Å². The first-order valence-electron chi connectivity index (χ1n) is 8.05. The van der Waals surface area contributed by atoms with E-state index in [1.54, 1.807) is 6.07 Å². The van der Waals surface area contributed by atoms with Crippen molar-refractivity contribution >= 4 is 21.9 Å². The van der Waals surface area contributed by atoms with Crippen molar-refractivity contribution < 1.29 is 27.8 Å². The Bertz CT molecular complexity index is 980. The zero-order chi connectivity index (χ0) is 20.3. The fourth-order valence-electron chi connectivity index (χ4n) is 2.62. The Morgan fingerprint density at radius 1 is 1.43 bits per heavy atom. The van der Waals surface area contributed by atoms with Gasteiger partial charge in [0, 0.05) is 13.1 Å². The summed E-state index contributed by atoms with van der Waals surface area (Å²) in [5, 5.41) is 33.9. The molecular weight excluding hydrogens is 397 g/mol. The predicted octanol–water partition coefficient (Wildman–Crippen LogP) is -1.20. The van der Waals surface area contributed by atoms with Crippen LogP contribution in [-0.4, -0.2) is 54.1 Å². The van der Waals surface area contributed by atoms with Gasteiger partial charge in [-0.15, -0.1) is 0 Å². The molecule has 0 bridgehead atoms. The fraction of sp³-hybridized carbons (Fsp3) is 0.357. The lowest BCUT2D eigenvalue weighted by Crippen LogP contribution is -2.39. The summed E-state index contributed by atoms with van der Waals surface area (Å²) >= 11 is 0. The standard InChI is InChI=1S/C14H18FN7O5S/c15-8-2-1-7-3-11(10(7)4-8)19-14(20-24)12-13(22-27-21-12)17-5-9(23)6-18-28(16,25)26/h1-2,4,9,11,18,23-24H,3,5-6H2,(H,17,22)(H,19,20)(H2,16,25,26). The summed E-state index contributed by atoms with van der Waals surface area (Å²) in [6.07, 6.45) is -0.570. The van der Waals surface area contributed by atoms with Gasteiger partial charge in [0.1, 0.15) is 5.82 Å². The Morgan fingerprint density at radius 3 is 2.93 bits per heavy atom. The van der Waals surface area contributed by atoms with Gasteiger partial charge < -0.3 is 10.4 Å². The molecule has 12 nitrogen and oxygen atoms in total. The Labute approximate surface area is 158 Å². The second kappa shape index (κ2) is 8.15. The largest absolute Gasteiger partial charge is 0.390 e. The molecule has 28 heavy (non-hydrogen) atoms. The van der Waals surface area contributed by atoms with E-state index in [1.807, 2.05) is 10.2 Å². The van der Waals surface area contributed by atoms with Crippen molar-refractivity contribution in [1.29, 1.82) is 0 Å². The molecule has 2 atom stereocenters. The van der Waals surface area contributed by atoms with Gasteiger partial charge in [-0.2, -0.15) is 13.1 Å². The van der Waals surface area contributed by atoms with Crippen molar-refractivity contribution in [2.45, 2.75) is 18.6 Å². The van der Waals surface area contributed by atoms with Crippen molar-refractivity contribution in [3.8, 4) is 0 Å². The van der Waals surface area contributed by atoms with Gasteiger partial charge in [0.05, 0.1) is 12.1 Å². The van der Waals surface area contributed by atoms with Crippen LogP contribution in [0, 0.1) is 5.82 Å². The van der Waals surface area contributed by atoms with E-state index in [0.717, 1.165) is 5.56 Å². The number of nitrogens with one attached hydrogen (secondary N) is 3. The molecule has 0 aliphatic heterocycles. The number of benzene rings is 1. The van der Waals surface area contributed by atoms with E-state index in [4.69, 9.17) is 5.14 Å². The van der Waals surface area contributed by atoms with Crippen LogP contribution in [0.25, 0.3) is 0 Å². The van der Waals surface area contributed by atoms with Gasteiger partial charge in [-0.25, -0.2) is 14.2 Å². The molecule has 0 saturated heterocycles. The molecule has 1 aromatic carbocycles. The van der Waals surface area contributed by atoms with Crippen molar-refractivity contribution in [2.24, 2.45) is 10.1 Å². The average Bonchev–Trinajstić information content (AvgIpc) is 3.09. The summed E-state index contributed by atoms with van der Waals surface area (Å²) in [4.78, 5) is 4.30. The third-order valence-electron chi connectivity index (χ3n) is 4.01. The molecule has 3 rings (SSSR count). The Hall–Kier alpha value is -2.65. The molecule has 1 aliphatic rings. The van der Waals surface area contributed by atoms with Gasteiger partial charge in [0.25, 0.3) is 10.2 Å². The molecule has 1 aliphatic carbocycles. The topological polar surface area (TPSA) is 188 Å². The number of halogens is 1. The number of anilines is 1. The van der Waals surface area contributed by atoms with E-state index >= 15 is 0 Å². The summed E-state index contributed by atoms with van der Waals surface area (Å²) < 4.78 is 41.6. The first-order chi connectivity index (χ1) is 13.3. The number of nitrogens with zero attached hydrogens (tertiary/aromatic N) is 3. The summed E-state index contributed by atoms with van der Waals surface area (Å²) in [6, 6.07) is 4.03. The third-order valence-corrected chi connectivity index (χ3v) is 4.58. The zero-order valence-electron chi connectivity index (χ0n) is 14.3. The molecule has 1 aromatic heterocycles. The highest BCUT2D eigenvalue weighted by molar-refractivity contribution is 7.87. The maximum atomic E-state index is 13.4. The van der Waals surface area contributed by atoms with Gasteiger partial charge in [-0.05, 0) is 40.0 Å². The van der Waals surface area contributed by atoms with Gasteiger partial charge in [-0.3, -0.25) is 15.7 Å². The van der Waals surface area contributed by atoms with Crippen LogP contribution >= 0.6 is 0 Å². The van der Waals surface area contributed by atoms with Crippen LogP contribution in [0.15, 0.2) is 27.8 Å². The predicted molar refractivity (Wildman–Crippen MR) is 94.2 cm³/mol. The van der Waals surface area contributed by atoms with Crippen molar-refractivity contribution in [2.75, 3.05) is 18.4 Å². The van der Waals surface area contributed by atoms with Crippen LogP contribution in [0.3, 0.4) is 0 Å². The minimum Gasteiger partial charge on any atom is -0.390 e. The highest BCUT2D eigenvalue weighted by Gasteiger charge is 2.28. The molecule has 0 spiro atoms. The molecule has 2 aromatic rings. The lowest BCUT2D eigenvalue weighted by atomic mass is 9.83. The second-order valence-corrected chi connectivity index (χ2v) is 7.42. The minimum absolute atomic E-state index is 0.0268. The van der Waals surface area contributed by atoms with E-state index in [-0.39, 0.29) is 42.3 Å². The van der Waals surface area contributed by atoms with Crippen LogP contribution in [0.4, 0.5) is 10.2 Å². The number of hydrogen-bond donors (Lipinski definition) is 6. The highest BCUT2D eigenvalue weighted by Crippen LogP contribution is 2.36. The smallest absolute Gasteiger partial charge is 0.274 e. The van der Waals surface area contributed by atoms with Gasteiger partial charge in [0.2, 0.25) is 5.82 Å². The summed E-state index contributed by atoms with van der Waals surface area (Å²) in [6.45, 7) is -0.448. The first kappa shape index (κ1) is 20.1. The fourth-order valence-corrected chi connectivity index (χ4v) is 3.05. The molecule has 0 saturated carbocycles. The summed E-state index contributed by atoms with van der Waals surface area (Å²) in [7, 11) is -3.93. The average molecular weight is 415 g/mol. The number of fused-ring (bicyclic) bond motifs is 1. The van der Waals surface area contributed by atoms with Crippen LogP contribution < -0.4 is 20.7 Å². The van der Waals surface area contributed by atoms with Crippen LogP contribution in [-0.2, 0) is 16.6 Å². The highest BCUT2D eigenvalue weighted by atomic mass is 32.2. The molecule has 0 fully saturated rings. The monoisotopic (exact) mass is 415 g/mol. The molecule has 1 heterocycles. The maximum Gasteiger partial charge on any atom is 0.274 e. The number of rotatable bonds is 8. The lowest BCUT2D eigenvalue weighted by molar-refractivity contribution is 0.191. The number of aliphatic hydroxyl groups excluding tert-OH is 1. The van der Waals surface area contributed by atoms with E-state index in [1.165, 1.54) is 12.1 Å². The van der Waals surface area contributed by atoms with Crippen molar-refractivity contribution in [1.82, 2.24) is 20.5 Å². The number of amidine groups is 1. The molecule has 14 heteroatoms. The second-order valence-electron chi connectivity index (χ2n) is 6.04. The van der Waals surface area contributed by atoms with Crippen LogP contribution in [0.2, 0.25) is 0 Å². The van der Waals surface area contributed by atoms with Crippen LogP contribution in [0.1, 0.15) is 22.9 Å². The minimum atomic E-state index is -3.93. The third kappa shape index (κ3) is 4.79. The maximum absolute atomic E-state index is 13.4. The molecule has 0 amide bonds. The number of nitrogens with two attached hydrogens (primary N) is 1. The molecule has 7 N–H and O–H groups in total. The Morgan fingerprint density at radius 2 is 2.21 bits per heavy atom. The number of aliphatic imine (C=N–C) groups is 1. The Kier molecular flexibility index (Phi) is 5.85. The lowest BCUT2D eigenvalue weighted by Gasteiger charge is -2.27. The molecule has 152 valence electrons. The van der Waals surface area contributed by atoms with Gasteiger partial charge in [0.15, 0.2) is 11.5 Å². The quantitative estimate of drug-likeness (QED) is 0.175. The number of hydrogen-bond acceptors (Lipinski definition) is 9.